The van der Waals surface area contributed by atoms with E-state index in [1.165, 1.54) is 17.9 Å². The molecule has 0 spiro atoms. The predicted molar refractivity (Wildman–Crippen MR) is 180 cm³/mol. The number of hydrogen-bond acceptors (Lipinski definition) is 9. The van der Waals surface area contributed by atoms with Crippen LogP contribution in [0, 0.1) is 0 Å². The molecule has 0 heterocycles. The van der Waals surface area contributed by atoms with Crippen molar-refractivity contribution in [3.63, 3.8) is 0 Å². The number of nitrogens with one attached hydrogen (secondary N) is 2. The summed E-state index contributed by atoms with van der Waals surface area (Å²) in [5.74, 6) is -1.94. The number of aliphatic hydroxyl groups excluding tert-OH is 4. The molecule has 12 nitrogen and oxygen atoms in total. The molecule has 268 valence electrons. The van der Waals surface area contributed by atoms with Crippen molar-refractivity contribution in [2.75, 3.05) is 46.8 Å². The quantitative estimate of drug-likeness (QED) is 0.0680. The zero-order valence-electron chi connectivity index (χ0n) is 29.1. The molecule has 0 aliphatic heterocycles. The molecular weight excluding hydrogens is 568 g/mol. The van der Waals surface area contributed by atoms with Crippen LogP contribution in [0.3, 0.4) is 0 Å². The van der Waals surface area contributed by atoms with Crippen LogP contribution < -0.4 is 10.6 Å². The number of carboxylic acid groups (broad SMARTS) is 2. The molecule has 5 atom stereocenters. The van der Waals surface area contributed by atoms with Crippen molar-refractivity contribution >= 4 is 11.9 Å². The van der Waals surface area contributed by atoms with E-state index < -0.39 is 42.4 Å². The van der Waals surface area contributed by atoms with Crippen molar-refractivity contribution in [3.8, 4) is 0 Å². The van der Waals surface area contributed by atoms with Gasteiger partial charge in [-0.15, -0.1) is 0 Å². The fourth-order valence-electron chi connectivity index (χ4n) is 3.94. The Morgan fingerprint density at radius 1 is 0.795 bits per heavy atom. The molecule has 0 fully saturated rings. The van der Waals surface area contributed by atoms with E-state index in [1.54, 1.807) is 13.8 Å². The minimum absolute atomic E-state index is 0. The summed E-state index contributed by atoms with van der Waals surface area (Å²) < 4.78 is 1.15. The molecule has 0 saturated heterocycles. The summed E-state index contributed by atoms with van der Waals surface area (Å²) >= 11 is 0. The number of rotatable bonds is 21. The second-order valence-corrected chi connectivity index (χ2v) is 12.6. The third-order valence-electron chi connectivity index (χ3n) is 7.42. The van der Waals surface area contributed by atoms with Gasteiger partial charge < -0.3 is 45.8 Å². The first-order valence-electron chi connectivity index (χ1n) is 16.0. The molecule has 44 heavy (non-hydrogen) atoms. The molecule has 0 bridgehead atoms. The van der Waals surface area contributed by atoms with Crippen molar-refractivity contribution in [1.82, 2.24) is 15.5 Å². The predicted octanol–water partition coefficient (Wildman–Crippen LogP) is 2.37. The molecule has 5 unspecified atom stereocenters. The fourth-order valence-corrected chi connectivity index (χ4v) is 3.94. The van der Waals surface area contributed by atoms with Crippen molar-refractivity contribution in [3.05, 3.63) is 0 Å². The summed E-state index contributed by atoms with van der Waals surface area (Å²) in [5.41, 5.74) is 0. The normalized spacial score (nSPS) is 15.0. The largest absolute Gasteiger partial charge is 0.480 e. The highest BCUT2D eigenvalue weighted by molar-refractivity contribution is 5.75. The Morgan fingerprint density at radius 3 is 1.64 bits per heavy atom. The number of nitrogens with zero attached hydrogens (tertiary/aromatic N) is 2. The lowest BCUT2D eigenvalue weighted by atomic mass is 10.0. The van der Waals surface area contributed by atoms with Crippen LogP contribution in [-0.2, 0) is 9.59 Å². The molecule has 0 aromatic heterocycles. The van der Waals surface area contributed by atoms with Crippen LogP contribution in [0.2, 0.25) is 0 Å². The molecular formula is C32H73N4O8+. The summed E-state index contributed by atoms with van der Waals surface area (Å²) in [6, 6.07) is 0.666. The summed E-state index contributed by atoms with van der Waals surface area (Å²) in [6.07, 6.45) is -0.953. The fraction of sp³-hybridized carbons (Fsp3) is 0.938. The molecule has 0 rings (SSSR count). The highest BCUT2D eigenvalue weighted by atomic mass is 16.4. The molecule has 0 radical (unpaired) electrons. The van der Waals surface area contributed by atoms with Crippen LogP contribution in [-0.4, -0.2) is 147 Å². The Morgan fingerprint density at radius 2 is 1.30 bits per heavy atom. The maximum absolute atomic E-state index is 11.2. The second-order valence-electron chi connectivity index (χ2n) is 12.6. The van der Waals surface area contributed by atoms with Gasteiger partial charge in [0.2, 0.25) is 0 Å². The minimum Gasteiger partial charge on any atom is -0.480 e. The molecule has 0 aliphatic carbocycles. The Balaban J connectivity index is -0.000000286. The second kappa shape index (κ2) is 27.9. The average Bonchev–Trinajstić information content (AvgIpc) is 2.91. The van der Waals surface area contributed by atoms with E-state index >= 15 is 0 Å². The van der Waals surface area contributed by atoms with Crippen molar-refractivity contribution in [1.29, 1.82) is 0 Å². The molecule has 0 saturated carbocycles. The van der Waals surface area contributed by atoms with Crippen LogP contribution in [0.1, 0.15) is 102 Å². The minimum atomic E-state index is -1.33. The standard InChI is InChI=1S/C13H26N2O4.C10H23NO4.C8H20N.CH4/c1-4-15(9-12(16)17)11(13(18)19)7-5-6-8-14-10(2)3;1-4-7(12)9(14)10(15)8(13)5-11-6(2)3;1-6-7-9(4,5)8(2)3;/h10-11,14H,4-9H2,1-3H3,(H,16,17)(H,18,19);6-15H,4-5H2,1-3H3;8H,6-7H2,1-5H3;1H4/q;;+1;. The maximum Gasteiger partial charge on any atom is 0.320 e. The van der Waals surface area contributed by atoms with Gasteiger partial charge in [0.05, 0.1) is 45.4 Å². The number of carboxylic acids is 2. The first-order valence-corrected chi connectivity index (χ1v) is 16.0. The zero-order chi connectivity index (χ0) is 34.3. The van der Waals surface area contributed by atoms with Gasteiger partial charge in [-0.1, -0.05) is 62.3 Å². The van der Waals surface area contributed by atoms with E-state index in [1.807, 2.05) is 13.8 Å². The number of carbonyl (C=O) groups is 2. The van der Waals surface area contributed by atoms with Crippen molar-refractivity contribution in [2.45, 2.75) is 150 Å². The van der Waals surface area contributed by atoms with Crippen molar-refractivity contribution in [2.24, 2.45) is 0 Å². The van der Waals surface area contributed by atoms with Gasteiger partial charge in [0.25, 0.3) is 0 Å². The summed E-state index contributed by atoms with van der Waals surface area (Å²) in [4.78, 5) is 23.4. The van der Waals surface area contributed by atoms with Crippen LogP contribution in [0.15, 0.2) is 0 Å². The number of likely N-dealkylation sites (N-methyl/N-ethyl adjacent to an activating group) is 1. The first kappa shape index (κ1) is 49.5. The lowest BCUT2D eigenvalue weighted by molar-refractivity contribution is -0.911. The van der Waals surface area contributed by atoms with Crippen LogP contribution in [0.4, 0.5) is 0 Å². The van der Waals surface area contributed by atoms with E-state index in [2.05, 4.69) is 59.3 Å². The molecule has 0 aromatic rings. The summed E-state index contributed by atoms with van der Waals surface area (Å²) in [6.45, 7) is 20.7. The smallest absolute Gasteiger partial charge is 0.320 e. The van der Waals surface area contributed by atoms with Gasteiger partial charge in [-0.2, -0.15) is 0 Å². The maximum atomic E-state index is 11.2. The molecule has 0 amide bonds. The van der Waals surface area contributed by atoms with Crippen LogP contribution in [0.5, 0.6) is 0 Å². The molecule has 0 aliphatic rings. The third kappa shape index (κ3) is 25.9. The lowest BCUT2D eigenvalue weighted by Crippen LogP contribution is -2.48. The Labute approximate surface area is 269 Å². The molecule has 8 N–H and O–H groups in total. The van der Waals surface area contributed by atoms with Gasteiger partial charge in [0, 0.05) is 18.6 Å². The van der Waals surface area contributed by atoms with Gasteiger partial charge in [-0.3, -0.25) is 14.5 Å². The van der Waals surface area contributed by atoms with E-state index in [0.29, 0.717) is 25.4 Å². The Bertz CT molecular complexity index is 695. The summed E-state index contributed by atoms with van der Waals surface area (Å²) in [7, 11) is 4.57. The topological polar surface area (TPSA) is 183 Å². The van der Waals surface area contributed by atoms with Gasteiger partial charge in [0.1, 0.15) is 18.2 Å². The Kier molecular flexibility index (Phi) is 31.4. The number of unbranched alkanes of at least 4 members (excludes halogenated alkanes) is 1. The molecule has 12 heteroatoms. The van der Waals surface area contributed by atoms with Gasteiger partial charge in [-0.25, -0.2) is 0 Å². The van der Waals surface area contributed by atoms with Gasteiger partial charge in [-0.05, 0) is 52.6 Å². The monoisotopic (exact) mass is 642 g/mol. The van der Waals surface area contributed by atoms with Gasteiger partial charge >= 0.3 is 11.9 Å². The van der Waals surface area contributed by atoms with E-state index in [-0.39, 0.29) is 26.6 Å². The van der Waals surface area contributed by atoms with Crippen LogP contribution >= 0.6 is 0 Å². The van der Waals surface area contributed by atoms with Crippen molar-refractivity contribution < 1.29 is 44.7 Å². The average molecular weight is 642 g/mol. The number of aliphatic hydroxyl groups is 4. The highest BCUT2D eigenvalue weighted by Crippen LogP contribution is 2.10. The first-order chi connectivity index (χ1) is 19.8. The SMILES string of the molecule is C.CCC(O)C(O)C(O)C(O)CNC(C)C.CCC[N+](C)(C)C(C)C.CCN(CC(=O)O)C(CCCCNC(C)C)C(=O)O. The third-order valence-corrected chi connectivity index (χ3v) is 7.42. The zero-order valence-corrected chi connectivity index (χ0v) is 29.1. The number of hydrogen-bond donors (Lipinski definition) is 8. The van der Waals surface area contributed by atoms with E-state index in [4.69, 9.17) is 5.11 Å². The summed E-state index contributed by atoms with van der Waals surface area (Å²) in [5, 5.41) is 61.9. The number of aliphatic carboxylic acids is 2. The number of quaternary nitrogens is 1. The van der Waals surface area contributed by atoms with Crippen LogP contribution in [0.25, 0.3) is 0 Å². The van der Waals surface area contributed by atoms with E-state index in [9.17, 15) is 35.1 Å². The lowest BCUT2D eigenvalue weighted by Gasteiger charge is -2.33. The molecule has 0 aromatic carbocycles. The van der Waals surface area contributed by atoms with E-state index in [0.717, 1.165) is 29.9 Å². The van der Waals surface area contributed by atoms with Gasteiger partial charge in [0.15, 0.2) is 0 Å². The Hall–Kier alpha value is -1.38. The highest BCUT2D eigenvalue weighted by Gasteiger charge is 2.29.